The molecule has 0 aromatic heterocycles. The third-order valence-corrected chi connectivity index (χ3v) is 10.3. The first-order valence-electron chi connectivity index (χ1n) is 13.0. The van der Waals surface area contributed by atoms with Crippen molar-refractivity contribution in [2.45, 2.75) is 28.6 Å². The van der Waals surface area contributed by atoms with Crippen molar-refractivity contribution in [3.63, 3.8) is 0 Å². The molecule has 0 radical (unpaired) electrons. The van der Waals surface area contributed by atoms with Crippen LogP contribution in [0.25, 0.3) is 0 Å². The highest BCUT2D eigenvalue weighted by atomic mass is 32.2. The summed E-state index contributed by atoms with van der Waals surface area (Å²) in [6.45, 7) is 0.807. The minimum absolute atomic E-state index is 0.112. The van der Waals surface area contributed by atoms with E-state index in [1.165, 1.54) is 0 Å². The van der Waals surface area contributed by atoms with Gasteiger partial charge in [-0.05, 0) is 41.8 Å². The monoisotopic (exact) mass is 526 g/mol. The van der Waals surface area contributed by atoms with Gasteiger partial charge in [0.2, 0.25) is 0 Å². The van der Waals surface area contributed by atoms with E-state index in [4.69, 9.17) is 0 Å². The maximum absolute atomic E-state index is 14.4. The third-order valence-electron chi connectivity index (χ3n) is 7.75. The molecule has 6 heteroatoms. The van der Waals surface area contributed by atoms with E-state index in [2.05, 4.69) is 34.5 Å². The van der Waals surface area contributed by atoms with E-state index in [-0.39, 0.29) is 23.4 Å². The lowest BCUT2D eigenvalue weighted by Crippen LogP contribution is -2.52. The van der Waals surface area contributed by atoms with Crippen LogP contribution in [0, 0.1) is 5.92 Å². The lowest BCUT2D eigenvalue weighted by atomic mass is 9.86. The number of nitrogens with zero attached hydrogens (tertiary/aromatic N) is 1. The Hall–Kier alpha value is -3.45. The van der Waals surface area contributed by atoms with Crippen LogP contribution >= 0.6 is 0 Å². The van der Waals surface area contributed by atoms with Crippen LogP contribution in [-0.2, 0) is 22.8 Å². The second-order valence-corrected chi connectivity index (χ2v) is 12.3. The Kier molecular flexibility index (Phi) is 7.93. The first kappa shape index (κ1) is 26.2. The molecule has 196 valence electrons. The van der Waals surface area contributed by atoms with Gasteiger partial charge in [-0.3, -0.25) is 4.90 Å². The first-order chi connectivity index (χ1) is 18.5. The van der Waals surface area contributed by atoms with E-state index in [9.17, 15) is 13.5 Å². The summed E-state index contributed by atoms with van der Waals surface area (Å²) in [5.74, 6) is -0.373. The van der Waals surface area contributed by atoms with Gasteiger partial charge >= 0.3 is 0 Å². The maximum atomic E-state index is 14.4. The van der Waals surface area contributed by atoms with Crippen LogP contribution in [0.1, 0.15) is 11.1 Å². The third kappa shape index (κ3) is 5.25. The van der Waals surface area contributed by atoms with Gasteiger partial charge in [0.15, 0.2) is 9.84 Å². The summed E-state index contributed by atoms with van der Waals surface area (Å²) in [5.41, 5.74) is 3.19. The molecule has 0 aliphatic carbocycles. The molecule has 3 atom stereocenters. The number of nitrogens with one attached hydrogen (secondary N) is 1. The van der Waals surface area contributed by atoms with Crippen molar-refractivity contribution in [2.75, 3.05) is 25.0 Å². The molecular weight excluding hydrogens is 492 g/mol. The second-order valence-electron chi connectivity index (χ2n) is 10.0. The fraction of sp³-hybridized carbons (Fsp3) is 0.250. The first-order valence-corrected chi connectivity index (χ1v) is 14.5. The van der Waals surface area contributed by atoms with Gasteiger partial charge in [0.25, 0.3) is 0 Å². The maximum Gasteiger partial charge on any atom is 0.188 e. The minimum Gasteiger partial charge on any atom is -0.395 e. The molecule has 1 aliphatic rings. The van der Waals surface area contributed by atoms with Crippen molar-refractivity contribution in [1.29, 1.82) is 0 Å². The number of aliphatic hydroxyl groups excluding tert-OH is 1. The number of anilines is 1. The van der Waals surface area contributed by atoms with Gasteiger partial charge in [0.05, 0.1) is 11.5 Å². The molecule has 0 bridgehead atoms. The topological polar surface area (TPSA) is 69.6 Å². The van der Waals surface area contributed by atoms with E-state index in [1.807, 2.05) is 72.8 Å². The summed E-state index contributed by atoms with van der Waals surface area (Å²) in [5, 5.41) is 14.5. The normalized spacial score (nSPS) is 21.8. The van der Waals surface area contributed by atoms with Crippen LogP contribution in [0.5, 0.6) is 0 Å². The Bertz CT molecular complexity index is 1400. The number of sulfone groups is 1. The van der Waals surface area contributed by atoms with Crippen LogP contribution < -0.4 is 5.32 Å². The molecule has 4 aromatic rings. The molecular formula is C32H34N2O3S. The van der Waals surface area contributed by atoms with Crippen LogP contribution in [0.4, 0.5) is 5.69 Å². The predicted octanol–water partition coefficient (Wildman–Crippen LogP) is 5.05. The van der Waals surface area contributed by atoms with Gasteiger partial charge in [-0.25, -0.2) is 8.42 Å². The zero-order valence-corrected chi connectivity index (χ0v) is 22.2. The lowest BCUT2D eigenvalue weighted by Gasteiger charge is -2.35. The van der Waals surface area contributed by atoms with Gasteiger partial charge in [0, 0.05) is 37.3 Å². The minimum atomic E-state index is -3.89. The van der Waals surface area contributed by atoms with Crippen LogP contribution in [0.3, 0.4) is 0 Å². The Morgan fingerprint density at radius 3 is 1.87 bits per heavy atom. The van der Waals surface area contributed by atoms with Crippen molar-refractivity contribution in [3.8, 4) is 0 Å². The number of benzene rings is 4. The molecule has 0 amide bonds. The molecule has 1 saturated heterocycles. The molecule has 1 aliphatic heterocycles. The SMILES string of the molecule is O=S(=O)(c1ccccc1)[C@@]1(CO)CN(Cc2ccccc2)[C@@H](Cc2ccccc2)[C@@H]1CNc1ccccc1. The summed E-state index contributed by atoms with van der Waals surface area (Å²) in [6, 6.07) is 38.6. The Balaban J connectivity index is 1.60. The van der Waals surface area contributed by atoms with Crippen molar-refractivity contribution < 1.29 is 13.5 Å². The van der Waals surface area contributed by atoms with Gasteiger partial charge in [-0.2, -0.15) is 0 Å². The largest absolute Gasteiger partial charge is 0.395 e. The summed E-state index contributed by atoms with van der Waals surface area (Å²) in [6.07, 6.45) is 0.681. The average molecular weight is 527 g/mol. The van der Waals surface area contributed by atoms with Gasteiger partial charge in [-0.1, -0.05) is 97.1 Å². The molecule has 5 rings (SSSR count). The summed E-state index contributed by atoms with van der Waals surface area (Å²) >= 11 is 0. The summed E-state index contributed by atoms with van der Waals surface area (Å²) in [4.78, 5) is 2.51. The molecule has 0 unspecified atom stereocenters. The molecule has 0 saturated carbocycles. The Morgan fingerprint density at radius 1 is 0.763 bits per heavy atom. The second kappa shape index (κ2) is 11.5. The number of para-hydroxylation sites is 1. The molecule has 5 nitrogen and oxygen atoms in total. The number of rotatable bonds is 10. The highest BCUT2D eigenvalue weighted by Gasteiger charge is 2.59. The van der Waals surface area contributed by atoms with Crippen molar-refractivity contribution in [3.05, 3.63) is 132 Å². The van der Waals surface area contributed by atoms with Gasteiger partial charge in [0.1, 0.15) is 4.75 Å². The molecule has 1 heterocycles. The van der Waals surface area contributed by atoms with Gasteiger partial charge in [-0.15, -0.1) is 0 Å². The Labute approximate surface area is 225 Å². The average Bonchev–Trinajstić information content (AvgIpc) is 3.27. The van der Waals surface area contributed by atoms with Crippen LogP contribution in [-0.4, -0.2) is 48.9 Å². The predicted molar refractivity (Wildman–Crippen MR) is 153 cm³/mol. The summed E-state index contributed by atoms with van der Waals surface area (Å²) < 4.78 is 27.4. The van der Waals surface area contributed by atoms with Crippen molar-refractivity contribution in [2.24, 2.45) is 5.92 Å². The van der Waals surface area contributed by atoms with Crippen molar-refractivity contribution in [1.82, 2.24) is 4.90 Å². The summed E-state index contributed by atoms with van der Waals surface area (Å²) in [7, 11) is -3.89. The zero-order chi connectivity index (χ0) is 26.4. The van der Waals surface area contributed by atoms with Crippen LogP contribution in [0.15, 0.2) is 126 Å². The standard InChI is InChI=1S/C32H34N2O3S/c35-25-32(38(36,37)29-19-11-4-12-20-29)24-34(23-27-15-7-2-8-16-27)31(21-26-13-5-1-6-14-26)30(32)22-33-28-17-9-3-10-18-28/h1-20,30-31,33,35H,21-25H2/t30-,31-,32+/m0/s1. The molecule has 0 spiro atoms. The van der Waals surface area contributed by atoms with E-state index < -0.39 is 21.2 Å². The Morgan fingerprint density at radius 2 is 1.29 bits per heavy atom. The lowest BCUT2D eigenvalue weighted by molar-refractivity contribution is 0.215. The molecule has 2 N–H and O–H groups in total. The highest BCUT2D eigenvalue weighted by molar-refractivity contribution is 7.93. The number of hydrogen-bond acceptors (Lipinski definition) is 5. The molecule has 38 heavy (non-hydrogen) atoms. The van der Waals surface area contributed by atoms with Crippen LogP contribution in [0.2, 0.25) is 0 Å². The fourth-order valence-electron chi connectivity index (χ4n) is 5.78. The van der Waals surface area contributed by atoms with Gasteiger partial charge < -0.3 is 10.4 Å². The van der Waals surface area contributed by atoms with E-state index >= 15 is 0 Å². The molecule has 4 aromatic carbocycles. The zero-order valence-electron chi connectivity index (χ0n) is 21.4. The smallest absolute Gasteiger partial charge is 0.188 e. The van der Waals surface area contributed by atoms with E-state index in [1.54, 1.807) is 24.3 Å². The van der Waals surface area contributed by atoms with Crippen molar-refractivity contribution >= 4 is 15.5 Å². The van der Waals surface area contributed by atoms with E-state index in [0.29, 0.717) is 19.5 Å². The highest BCUT2D eigenvalue weighted by Crippen LogP contribution is 2.44. The number of likely N-dealkylation sites (tertiary alicyclic amines) is 1. The number of aliphatic hydroxyl groups is 1. The fourth-order valence-corrected chi connectivity index (χ4v) is 7.91. The number of hydrogen-bond donors (Lipinski definition) is 2. The molecule has 1 fully saturated rings. The van der Waals surface area contributed by atoms with E-state index in [0.717, 1.165) is 16.8 Å². The quantitative estimate of drug-likeness (QED) is 0.303.